The third kappa shape index (κ3) is 22.0. The number of hydrogen-bond donors (Lipinski definition) is 5. The molecule has 0 radical (unpaired) electrons. The number of carbonyl (C=O) groups is 3. The van der Waals surface area contributed by atoms with Gasteiger partial charge < -0.3 is 91.0 Å². The van der Waals surface area contributed by atoms with Crippen LogP contribution >= 0.6 is 45.8 Å². The maximum atomic E-state index is 12.7. The van der Waals surface area contributed by atoms with Crippen molar-refractivity contribution in [1.82, 2.24) is 44.6 Å². The molecular weight excluding hydrogens is 1690 g/mol. The standard InChI is InChI=1S/C30H30N4O6.C18H24BNO4.C18H18ClN3O4.C10H13IN2O2.C8H7BClNO3/c1-18-16-32-23-14-26(28-25(37-3)13-21(17-33-28)30(36)34(2)8-9-35)40-29(23)27(18)19-4-5-24(20(12-19)15-31)39-22-6-10-38-11-7-22;1-17(2)18(3,4)24-19(23-17)14-5-6-16(13(11-14)12-20)22-15-7-9-21-10-8-15;1-10-8-20-12-7-14(26-17(12)15(10)19)16-13(25-3)6-11(9-21-16)18(24)22(2)4-5-23;1-7-5-8(6-12-9(7)11)10(15)13(2)3-4-14;1-4-3-11-5-2-6(9(12)13)14-8(5)7(4)10/h4-5,12-14,16-17,22,35H,6-11H2,1-3H3;5-6,11,15H,7-10H2,1-4H3;6-9,23H,4-5H2,1-3H3;5-6,14H,3-4H2,1-2H3;2-3,12-13H,1H3. The van der Waals surface area contributed by atoms with E-state index in [0.29, 0.717) is 150 Å². The molecule has 0 saturated carbocycles. The second-order valence-electron chi connectivity index (χ2n) is 29.1. The molecule has 119 heavy (non-hydrogen) atoms. The molecular formula is C84H92B2Cl2IN11O19. The van der Waals surface area contributed by atoms with Crippen molar-refractivity contribution in [3.05, 3.63) is 174 Å². The number of carbonyl (C=O) groups excluding carboxylic acids is 3. The quantitative estimate of drug-likeness (QED) is 0.0269. The van der Waals surface area contributed by atoms with Crippen molar-refractivity contribution < 1.29 is 90.7 Å². The van der Waals surface area contributed by atoms with Crippen LogP contribution in [0.2, 0.25) is 10.0 Å². The summed E-state index contributed by atoms with van der Waals surface area (Å²) >= 11 is 14.3. The molecule has 11 aromatic rings. The van der Waals surface area contributed by atoms with Crippen molar-refractivity contribution in [2.45, 2.75) is 104 Å². The third-order valence-electron chi connectivity index (χ3n) is 20.0. The van der Waals surface area contributed by atoms with Crippen molar-refractivity contribution in [1.29, 1.82) is 10.5 Å². The molecule has 0 bridgehead atoms. The zero-order chi connectivity index (χ0) is 86.2. The Bertz CT molecular complexity index is 5510. The van der Waals surface area contributed by atoms with E-state index in [4.69, 9.17) is 99.6 Å². The average Bonchev–Trinajstić information content (AvgIpc) is 1.64. The van der Waals surface area contributed by atoms with E-state index in [1.54, 1.807) is 89.3 Å². The maximum absolute atomic E-state index is 12.7. The number of halogens is 3. The second-order valence-corrected chi connectivity index (χ2v) is 30.9. The molecule has 3 fully saturated rings. The summed E-state index contributed by atoms with van der Waals surface area (Å²) in [6, 6.07) is 25.5. The summed E-state index contributed by atoms with van der Waals surface area (Å²) in [5, 5.41) is 64.9. The van der Waals surface area contributed by atoms with Crippen LogP contribution in [0.3, 0.4) is 0 Å². The molecule has 3 aliphatic heterocycles. The van der Waals surface area contributed by atoms with Gasteiger partial charge in [-0.2, -0.15) is 10.5 Å². The minimum Gasteiger partial charge on any atom is -0.494 e. The number of amides is 3. The van der Waals surface area contributed by atoms with Crippen molar-refractivity contribution >= 4 is 122 Å². The predicted molar refractivity (Wildman–Crippen MR) is 455 cm³/mol. The number of ether oxygens (including phenoxy) is 6. The Balaban J connectivity index is 0.000000165. The van der Waals surface area contributed by atoms with Crippen LogP contribution in [0.25, 0.3) is 67.3 Å². The topological polar surface area (TPSA) is 400 Å². The summed E-state index contributed by atoms with van der Waals surface area (Å²) in [7, 11) is 5.75. The lowest BCUT2D eigenvalue weighted by Gasteiger charge is -2.32. The number of hydrogen-bond acceptors (Lipinski definition) is 27. The van der Waals surface area contributed by atoms with Gasteiger partial charge in [0.25, 0.3) is 17.7 Å². The first-order valence-electron chi connectivity index (χ1n) is 37.9. The van der Waals surface area contributed by atoms with Crippen LogP contribution < -0.4 is 30.1 Å². The van der Waals surface area contributed by atoms with Crippen LogP contribution in [-0.4, -0.2) is 227 Å². The SMILES string of the molecule is CC1(C)OB(c2ccc(OC3CCOCC3)c(C#N)c2)OC1(C)C.COc1cc(C(=O)N(C)CCO)cnc1-c1cc2ncc(C)c(-c3ccc(OC4CCOCC4)c(C#N)c3)c2o1.COc1cc(C(=O)N(C)CCO)cnc1-c1cc2ncc(C)c(Cl)c2o1.Cc1cc(C(=O)N(C)CCO)cnc1I.Cc1cnc2cc(B(O)O)oc2c1Cl. The Labute approximate surface area is 712 Å². The van der Waals surface area contributed by atoms with Crippen LogP contribution in [0.15, 0.2) is 123 Å². The zero-order valence-corrected chi connectivity index (χ0v) is 71.8. The molecule has 12 heterocycles. The Kier molecular flexibility index (Phi) is 31.4. The van der Waals surface area contributed by atoms with Gasteiger partial charge >= 0.3 is 14.2 Å². The predicted octanol–water partition coefficient (Wildman–Crippen LogP) is 11.2. The van der Waals surface area contributed by atoms with Crippen LogP contribution in [0.5, 0.6) is 23.0 Å². The van der Waals surface area contributed by atoms with Crippen LogP contribution in [-0.2, 0) is 18.8 Å². The molecule has 0 atom stereocenters. The van der Waals surface area contributed by atoms with Gasteiger partial charge in [0, 0.05) is 127 Å². The van der Waals surface area contributed by atoms with Crippen molar-refractivity contribution in [3.8, 4) is 69.2 Å². The van der Waals surface area contributed by atoms with E-state index in [9.17, 15) is 24.9 Å². The molecule has 35 heteroatoms. The van der Waals surface area contributed by atoms with Gasteiger partial charge in [-0.15, -0.1) is 0 Å². The van der Waals surface area contributed by atoms with Gasteiger partial charge in [0.2, 0.25) is 0 Å². The first-order valence-corrected chi connectivity index (χ1v) is 39.8. The number of aliphatic hydroxyl groups is 3. The van der Waals surface area contributed by atoms with Gasteiger partial charge in [-0.3, -0.25) is 29.3 Å². The lowest BCUT2D eigenvalue weighted by Crippen LogP contribution is -2.41. The number of aromatic nitrogens is 6. The summed E-state index contributed by atoms with van der Waals surface area (Å²) in [4.78, 5) is 66.9. The van der Waals surface area contributed by atoms with E-state index in [1.807, 2.05) is 78.8 Å². The normalized spacial score (nSPS) is 14.2. The molecule has 0 spiro atoms. The van der Waals surface area contributed by atoms with Crippen LogP contribution in [0, 0.1) is 54.1 Å². The molecule has 3 aliphatic rings. The third-order valence-corrected chi connectivity index (χ3v) is 22.1. The molecule has 30 nitrogen and oxygen atoms in total. The van der Waals surface area contributed by atoms with Crippen LogP contribution in [0.4, 0.5) is 0 Å². The molecule has 5 N–H and O–H groups in total. The highest BCUT2D eigenvalue weighted by Gasteiger charge is 2.52. The number of furan rings is 3. The number of nitriles is 2. The van der Waals surface area contributed by atoms with Gasteiger partial charge in [-0.25, -0.2) is 15.0 Å². The zero-order valence-electron chi connectivity index (χ0n) is 68.1. The summed E-state index contributed by atoms with van der Waals surface area (Å²) in [6.45, 7) is 18.8. The average molecular weight is 1780 g/mol. The smallest absolute Gasteiger partial charge is 0.494 e. The largest absolute Gasteiger partial charge is 0.526 e. The molecule has 14 rings (SSSR count). The Morgan fingerprint density at radius 2 is 0.950 bits per heavy atom. The summed E-state index contributed by atoms with van der Waals surface area (Å²) in [5.74, 6) is 2.13. The number of rotatable bonds is 20. The minimum atomic E-state index is -1.64. The molecule has 3 saturated heterocycles. The highest BCUT2D eigenvalue weighted by atomic mass is 127. The van der Waals surface area contributed by atoms with Gasteiger partial charge in [0.1, 0.15) is 84.6 Å². The summed E-state index contributed by atoms with van der Waals surface area (Å²) < 4.78 is 64.1. The first kappa shape index (κ1) is 90.9. The number of pyridine rings is 6. The van der Waals surface area contributed by atoms with Gasteiger partial charge in [0.05, 0.1) is 110 Å². The number of methoxy groups -OCH3 is 2. The number of likely N-dealkylation sites (N-methyl/N-ethyl adjacent to an activating group) is 3. The van der Waals surface area contributed by atoms with E-state index >= 15 is 0 Å². The van der Waals surface area contributed by atoms with Crippen molar-refractivity contribution in [2.24, 2.45) is 0 Å². The van der Waals surface area contributed by atoms with Crippen molar-refractivity contribution in [3.63, 3.8) is 0 Å². The molecule has 3 amide bonds. The van der Waals surface area contributed by atoms with Crippen molar-refractivity contribution in [2.75, 3.05) is 101 Å². The first-order chi connectivity index (χ1) is 56.9. The molecule has 624 valence electrons. The highest BCUT2D eigenvalue weighted by molar-refractivity contribution is 14.1. The fourth-order valence-corrected chi connectivity index (χ4v) is 13.1. The number of nitrogens with zero attached hydrogens (tertiary/aromatic N) is 11. The maximum Gasteiger partial charge on any atom is 0.526 e. The molecule has 0 unspecified atom stereocenters. The van der Waals surface area contributed by atoms with Gasteiger partial charge in [-0.05, 0) is 154 Å². The summed E-state index contributed by atoms with van der Waals surface area (Å²) in [6.07, 6.45) is 12.9. The molecule has 2 aromatic carbocycles. The Morgan fingerprint density at radius 3 is 1.39 bits per heavy atom. The van der Waals surface area contributed by atoms with Gasteiger partial charge in [0.15, 0.2) is 28.3 Å². The fraction of sp³-hybridized carbons (Fsp3) is 0.369. The molecule has 0 aliphatic carbocycles. The fourth-order valence-electron chi connectivity index (χ4n) is 12.5. The lowest BCUT2D eigenvalue weighted by atomic mass is 9.78. The van der Waals surface area contributed by atoms with Gasteiger partial charge in [-0.1, -0.05) is 35.3 Å². The Morgan fingerprint density at radius 1 is 0.538 bits per heavy atom. The van der Waals surface area contributed by atoms with E-state index in [1.165, 1.54) is 47.4 Å². The summed E-state index contributed by atoms with van der Waals surface area (Å²) in [5.41, 5.74) is 11.4. The van der Waals surface area contributed by atoms with E-state index in [2.05, 4.69) is 64.6 Å². The Hall–Kier alpha value is -10.4. The van der Waals surface area contributed by atoms with E-state index in [0.717, 1.165) is 68.2 Å². The molecule has 9 aromatic heterocycles. The minimum absolute atomic E-state index is 0.0212. The number of fused-ring (bicyclic) bond motifs is 3. The highest BCUT2D eigenvalue weighted by Crippen LogP contribution is 2.42. The second kappa shape index (κ2) is 41.1. The number of aliphatic hydroxyl groups excluding tert-OH is 3. The number of benzene rings is 2. The monoisotopic (exact) mass is 1780 g/mol. The van der Waals surface area contributed by atoms with Crippen LogP contribution in [0.1, 0.15) is 118 Å². The van der Waals surface area contributed by atoms with E-state index < -0.39 is 25.4 Å². The lowest BCUT2D eigenvalue weighted by molar-refractivity contribution is 0.00578. The number of aryl methyl sites for hydroxylation is 4. The van der Waals surface area contributed by atoms with E-state index in [-0.39, 0.29) is 68.5 Å².